The van der Waals surface area contributed by atoms with Crippen LogP contribution in [0.5, 0.6) is 0 Å². The molecular formula is C22H21N2Y-. The average molecular weight is 402 g/mol. The molecule has 0 fully saturated rings. The molecule has 1 aliphatic heterocycles. The van der Waals surface area contributed by atoms with Crippen LogP contribution in [0.3, 0.4) is 0 Å². The van der Waals surface area contributed by atoms with E-state index in [0.29, 0.717) is 0 Å². The predicted octanol–water partition coefficient (Wildman–Crippen LogP) is 5.69. The third-order valence-electron chi connectivity index (χ3n) is 3.95. The molecule has 0 saturated heterocycles. The predicted molar refractivity (Wildman–Crippen MR) is 104 cm³/mol. The molecule has 1 radical (unpaired) electrons. The van der Waals surface area contributed by atoms with Gasteiger partial charge in [0.15, 0.2) is 0 Å². The Morgan fingerprint density at radius 3 is 2.40 bits per heavy atom. The maximum Gasteiger partial charge on any atom is 0.0545 e. The summed E-state index contributed by atoms with van der Waals surface area (Å²) in [5.41, 5.74) is 4.31. The molecule has 3 aromatic carbocycles. The molecule has 0 N–H and O–H groups in total. The first-order chi connectivity index (χ1) is 11.8. The van der Waals surface area contributed by atoms with Gasteiger partial charge in [0.1, 0.15) is 0 Å². The van der Waals surface area contributed by atoms with Crippen LogP contribution in [0.4, 0.5) is 0 Å². The molecule has 1 heterocycles. The molecule has 25 heavy (non-hydrogen) atoms. The summed E-state index contributed by atoms with van der Waals surface area (Å²) in [6.45, 7) is 10.1. The molecule has 123 valence electrons. The summed E-state index contributed by atoms with van der Waals surface area (Å²) in [7, 11) is 0. The molecule has 0 aliphatic carbocycles. The zero-order valence-electron chi connectivity index (χ0n) is 14.7. The average Bonchev–Trinajstić information content (AvgIpc) is 2.98. The minimum absolute atomic E-state index is 0. The van der Waals surface area contributed by atoms with Gasteiger partial charge in [-0.25, -0.2) is 0 Å². The molecule has 0 atom stereocenters. The SMILES string of the molecule is C=C1c2ccccc2[CH-]N1/N=C/c1cccc2ccccc12.CC.[Y]. The van der Waals surface area contributed by atoms with Crippen LogP contribution in [0.2, 0.25) is 0 Å². The number of hydrazone groups is 1. The van der Waals surface area contributed by atoms with Gasteiger partial charge in [0.25, 0.3) is 0 Å². The Kier molecular flexibility index (Phi) is 6.98. The van der Waals surface area contributed by atoms with E-state index >= 15 is 0 Å². The van der Waals surface area contributed by atoms with Gasteiger partial charge in [0.2, 0.25) is 0 Å². The van der Waals surface area contributed by atoms with Gasteiger partial charge < -0.3 is 5.01 Å². The number of nitrogens with zero attached hydrogens (tertiary/aromatic N) is 2. The second kappa shape index (κ2) is 8.98. The van der Waals surface area contributed by atoms with Gasteiger partial charge in [-0.3, -0.25) is 0 Å². The third-order valence-corrected chi connectivity index (χ3v) is 3.95. The van der Waals surface area contributed by atoms with Crippen molar-refractivity contribution in [2.24, 2.45) is 5.10 Å². The molecule has 3 heteroatoms. The fraction of sp³-hybridized carbons (Fsp3) is 0.0909. The van der Waals surface area contributed by atoms with Crippen LogP contribution in [0.15, 0.2) is 78.4 Å². The van der Waals surface area contributed by atoms with Crippen molar-refractivity contribution in [3.05, 3.63) is 96.5 Å². The largest absolute Gasteiger partial charge is 0.306 e. The fourth-order valence-electron chi connectivity index (χ4n) is 2.80. The molecule has 1 aliphatic rings. The van der Waals surface area contributed by atoms with Gasteiger partial charge >= 0.3 is 0 Å². The summed E-state index contributed by atoms with van der Waals surface area (Å²) < 4.78 is 0. The molecule has 0 aromatic heterocycles. The normalized spacial score (nSPS) is 12.2. The van der Waals surface area contributed by atoms with Crippen LogP contribution < -0.4 is 0 Å². The summed E-state index contributed by atoms with van der Waals surface area (Å²) in [6.07, 6.45) is 1.90. The zero-order valence-corrected chi connectivity index (χ0v) is 17.5. The molecular weight excluding hydrogens is 381 g/mol. The topological polar surface area (TPSA) is 15.6 Å². The van der Waals surface area contributed by atoms with Crippen LogP contribution in [-0.4, -0.2) is 11.2 Å². The van der Waals surface area contributed by atoms with E-state index in [4.69, 9.17) is 0 Å². The van der Waals surface area contributed by atoms with Crippen LogP contribution in [0.1, 0.15) is 30.5 Å². The van der Waals surface area contributed by atoms with Crippen molar-refractivity contribution in [1.82, 2.24) is 5.01 Å². The minimum atomic E-state index is 0. The molecule has 0 bridgehead atoms. The van der Waals surface area contributed by atoms with Gasteiger partial charge in [0, 0.05) is 38.3 Å². The first-order valence-corrected chi connectivity index (χ1v) is 8.27. The van der Waals surface area contributed by atoms with E-state index in [0.717, 1.165) is 22.4 Å². The standard InChI is InChI=1S/C20H15N2.C2H6.Y/c1-15-19-11-4-3-8-18(19)14-22(15)21-13-17-10-6-9-16-7-2-5-12-20(16)17;1-2;/h2-14H,1H2;1-2H3;/q-1;;/b21-13+;;. The number of fused-ring (bicyclic) bond motifs is 2. The van der Waals surface area contributed by atoms with Crippen molar-refractivity contribution < 1.29 is 32.7 Å². The Morgan fingerprint density at radius 2 is 1.60 bits per heavy atom. The van der Waals surface area contributed by atoms with E-state index in [1.165, 1.54) is 10.8 Å². The van der Waals surface area contributed by atoms with Gasteiger partial charge in [0.05, 0.1) is 6.21 Å². The van der Waals surface area contributed by atoms with E-state index in [2.05, 4.69) is 66.3 Å². The van der Waals surface area contributed by atoms with Crippen molar-refractivity contribution in [1.29, 1.82) is 0 Å². The summed E-state index contributed by atoms with van der Waals surface area (Å²) in [5.74, 6) is 0. The zero-order chi connectivity index (χ0) is 16.9. The fourth-order valence-corrected chi connectivity index (χ4v) is 2.80. The van der Waals surface area contributed by atoms with Gasteiger partial charge in [-0.05, 0) is 16.5 Å². The molecule has 3 aromatic rings. The second-order valence-corrected chi connectivity index (χ2v) is 5.32. The smallest absolute Gasteiger partial charge is 0.0545 e. The first-order valence-electron chi connectivity index (χ1n) is 8.27. The van der Waals surface area contributed by atoms with E-state index < -0.39 is 0 Å². The Hall–Kier alpha value is -1.90. The van der Waals surface area contributed by atoms with E-state index in [1.807, 2.05) is 43.7 Å². The van der Waals surface area contributed by atoms with E-state index in [-0.39, 0.29) is 32.7 Å². The molecule has 0 saturated carbocycles. The summed E-state index contributed by atoms with van der Waals surface area (Å²) in [6, 6.07) is 22.8. The second-order valence-electron chi connectivity index (χ2n) is 5.32. The maximum absolute atomic E-state index is 4.59. The molecule has 2 nitrogen and oxygen atoms in total. The minimum Gasteiger partial charge on any atom is -0.306 e. The number of hydrogen-bond acceptors (Lipinski definition) is 2. The number of benzene rings is 3. The van der Waals surface area contributed by atoms with Gasteiger partial charge in [-0.15, -0.1) is 17.7 Å². The summed E-state index contributed by atoms with van der Waals surface area (Å²) in [5, 5.41) is 8.86. The number of hydrogen-bond donors (Lipinski definition) is 0. The van der Waals surface area contributed by atoms with E-state index in [9.17, 15) is 0 Å². The van der Waals surface area contributed by atoms with Crippen LogP contribution in [0, 0.1) is 6.54 Å². The van der Waals surface area contributed by atoms with Gasteiger partial charge in [-0.2, -0.15) is 16.7 Å². The molecule has 0 unspecified atom stereocenters. The van der Waals surface area contributed by atoms with Crippen LogP contribution in [0.25, 0.3) is 16.5 Å². The van der Waals surface area contributed by atoms with Crippen molar-refractivity contribution in [2.45, 2.75) is 13.8 Å². The molecule has 0 amide bonds. The van der Waals surface area contributed by atoms with Gasteiger partial charge in [-0.1, -0.05) is 75.5 Å². The Balaban J connectivity index is 0.000000726. The Bertz CT molecular complexity index is 894. The van der Waals surface area contributed by atoms with Crippen LogP contribution in [-0.2, 0) is 32.7 Å². The third kappa shape index (κ3) is 4.03. The monoisotopic (exact) mass is 402 g/mol. The summed E-state index contributed by atoms with van der Waals surface area (Å²) in [4.78, 5) is 0. The summed E-state index contributed by atoms with van der Waals surface area (Å²) >= 11 is 0. The van der Waals surface area contributed by atoms with Crippen LogP contribution >= 0.6 is 0 Å². The maximum atomic E-state index is 4.59. The van der Waals surface area contributed by atoms with E-state index in [1.54, 1.807) is 0 Å². The Labute approximate surface area is 175 Å². The van der Waals surface area contributed by atoms with Crippen molar-refractivity contribution in [3.63, 3.8) is 0 Å². The first kappa shape index (κ1) is 19.4. The van der Waals surface area contributed by atoms with Crippen molar-refractivity contribution in [3.8, 4) is 0 Å². The quantitative estimate of drug-likeness (QED) is 0.397. The molecule has 4 rings (SSSR count). The molecule has 0 spiro atoms. The van der Waals surface area contributed by atoms with Crippen molar-refractivity contribution >= 4 is 22.7 Å². The Morgan fingerprint density at radius 1 is 0.920 bits per heavy atom. The number of rotatable bonds is 2. The van der Waals surface area contributed by atoms with Crippen molar-refractivity contribution in [2.75, 3.05) is 0 Å².